The Morgan fingerprint density at radius 2 is 2.00 bits per heavy atom. The molecule has 2 aliphatic rings. The van der Waals surface area contributed by atoms with E-state index in [1.807, 2.05) is 0 Å². The largest absolute Gasteiger partial charge is 0.357 e. The predicted molar refractivity (Wildman–Crippen MR) is 59.6 cm³/mol. The lowest BCUT2D eigenvalue weighted by molar-refractivity contribution is 0.188. The number of nitrogens with one attached hydrogen (secondary N) is 1. The van der Waals surface area contributed by atoms with Crippen LogP contribution >= 0.6 is 0 Å². The minimum absolute atomic E-state index is 0.617. The molecule has 2 heteroatoms. The highest BCUT2D eigenvalue weighted by Crippen LogP contribution is 2.34. The maximum atomic E-state index is 8.12. The van der Waals surface area contributed by atoms with Gasteiger partial charge in [0.15, 0.2) is 0 Å². The molecule has 2 nitrogen and oxygen atoms in total. The lowest BCUT2D eigenvalue weighted by Crippen LogP contribution is -2.45. The standard InChI is InChI=1S/C12H22N2/c1-3-10-5-4-9(2)14(8-10)12(13)11-6-7-11/h9-11,13H,3-8H2,1-2H3. The zero-order valence-electron chi connectivity index (χ0n) is 9.42. The molecule has 1 heterocycles. The van der Waals surface area contributed by atoms with E-state index in [9.17, 15) is 0 Å². The van der Waals surface area contributed by atoms with E-state index < -0.39 is 0 Å². The Balaban J connectivity index is 1.96. The molecule has 0 spiro atoms. The molecule has 80 valence electrons. The van der Waals surface area contributed by atoms with Gasteiger partial charge >= 0.3 is 0 Å². The minimum atomic E-state index is 0.617. The molecular formula is C12H22N2. The van der Waals surface area contributed by atoms with Crippen LogP contribution in [0.5, 0.6) is 0 Å². The van der Waals surface area contributed by atoms with E-state index in [1.54, 1.807) is 0 Å². The molecule has 0 bridgehead atoms. The van der Waals surface area contributed by atoms with Gasteiger partial charge in [0.05, 0.1) is 5.84 Å². The van der Waals surface area contributed by atoms with Crippen LogP contribution in [-0.4, -0.2) is 23.3 Å². The normalized spacial score (nSPS) is 33.1. The summed E-state index contributed by atoms with van der Waals surface area (Å²) >= 11 is 0. The summed E-state index contributed by atoms with van der Waals surface area (Å²) in [6, 6.07) is 0.617. The molecule has 14 heavy (non-hydrogen) atoms. The molecule has 1 aliphatic heterocycles. The van der Waals surface area contributed by atoms with Gasteiger partial charge in [-0.1, -0.05) is 13.3 Å². The van der Waals surface area contributed by atoms with Gasteiger partial charge < -0.3 is 4.90 Å². The molecular weight excluding hydrogens is 172 g/mol. The summed E-state index contributed by atoms with van der Waals surface area (Å²) in [6.45, 7) is 5.70. The molecule has 2 rings (SSSR count). The fourth-order valence-corrected chi connectivity index (χ4v) is 2.44. The first-order valence-electron chi connectivity index (χ1n) is 6.07. The van der Waals surface area contributed by atoms with Crippen molar-refractivity contribution in [2.75, 3.05) is 6.54 Å². The zero-order valence-corrected chi connectivity index (χ0v) is 9.42. The van der Waals surface area contributed by atoms with Gasteiger partial charge in [-0.25, -0.2) is 0 Å². The smallest absolute Gasteiger partial charge is 0.0992 e. The van der Waals surface area contributed by atoms with Crippen LogP contribution in [0.3, 0.4) is 0 Å². The van der Waals surface area contributed by atoms with Crippen LogP contribution in [0, 0.1) is 17.2 Å². The third-order valence-corrected chi connectivity index (χ3v) is 3.83. The summed E-state index contributed by atoms with van der Waals surface area (Å²) in [6.07, 6.45) is 6.46. The highest BCUT2D eigenvalue weighted by molar-refractivity contribution is 5.84. The third-order valence-electron chi connectivity index (χ3n) is 3.83. The van der Waals surface area contributed by atoms with Crippen LogP contribution in [0.25, 0.3) is 0 Å². The Bertz CT molecular complexity index is 220. The van der Waals surface area contributed by atoms with Crippen LogP contribution in [0.4, 0.5) is 0 Å². The second kappa shape index (κ2) is 3.92. The van der Waals surface area contributed by atoms with Crippen LogP contribution in [0.15, 0.2) is 0 Å². The van der Waals surface area contributed by atoms with E-state index in [2.05, 4.69) is 18.7 Å². The van der Waals surface area contributed by atoms with E-state index >= 15 is 0 Å². The average molecular weight is 194 g/mol. The van der Waals surface area contributed by atoms with Gasteiger partial charge in [0.25, 0.3) is 0 Å². The van der Waals surface area contributed by atoms with Crippen molar-refractivity contribution < 1.29 is 0 Å². The second-order valence-electron chi connectivity index (χ2n) is 5.01. The number of piperidine rings is 1. The van der Waals surface area contributed by atoms with Gasteiger partial charge in [-0.3, -0.25) is 5.41 Å². The summed E-state index contributed by atoms with van der Waals surface area (Å²) in [4.78, 5) is 2.37. The molecule has 2 fully saturated rings. The van der Waals surface area contributed by atoms with E-state index in [0.29, 0.717) is 12.0 Å². The summed E-state index contributed by atoms with van der Waals surface area (Å²) < 4.78 is 0. The van der Waals surface area contributed by atoms with Crippen LogP contribution in [0.2, 0.25) is 0 Å². The van der Waals surface area contributed by atoms with Crippen molar-refractivity contribution in [3.8, 4) is 0 Å². The molecule has 0 amide bonds. The molecule has 1 saturated heterocycles. The van der Waals surface area contributed by atoms with Crippen molar-refractivity contribution in [3.63, 3.8) is 0 Å². The van der Waals surface area contributed by atoms with E-state index in [1.165, 1.54) is 32.1 Å². The number of rotatable bonds is 2. The molecule has 1 saturated carbocycles. The minimum Gasteiger partial charge on any atom is -0.357 e. The monoisotopic (exact) mass is 194 g/mol. The van der Waals surface area contributed by atoms with Crippen molar-refractivity contribution in [1.82, 2.24) is 4.90 Å². The highest BCUT2D eigenvalue weighted by Gasteiger charge is 2.34. The van der Waals surface area contributed by atoms with Crippen molar-refractivity contribution in [1.29, 1.82) is 5.41 Å². The maximum Gasteiger partial charge on any atom is 0.0992 e. The Morgan fingerprint density at radius 3 is 2.57 bits per heavy atom. The Hall–Kier alpha value is -0.530. The number of likely N-dealkylation sites (tertiary alicyclic amines) is 1. The van der Waals surface area contributed by atoms with Crippen molar-refractivity contribution in [2.45, 2.75) is 52.0 Å². The zero-order chi connectivity index (χ0) is 10.1. The highest BCUT2D eigenvalue weighted by atomic mass is 15.2. The molecule has 0 aromatic rings. The molecule has 1 aliphatic carbocycles. The third kappa shape index (κ3) is 1.94. The van der Waals surface area contributed by atoms with Crippen LogP contribution < -0.4 is 0 Å². The Labute approximate surface area is 87.2 Å². The quantitative estimate of drug-likeness (QED) is 0.531. The van der Waals surface area contributed by atoms with Gasteiger partial charge in [0.1, 0.15) is 0 Å². The number of hydrogen-bond donors (Lipinski definition) is 1. The summed E-state index contributed by atoms with van der Waals surface area (Å²) in [5.41, 5.74) is 0. The van der Waals surface area contributed by atoms with Gasteiger partial charge in [-0.15, -0.1) is 0 Å². The van der Waals surface area contributed by atoms with Gasteiger partial charge in [-0.05, 0) is 38.5 Å². The number of nitrogens with zero attached hydrogens (tertiary/aromatic N) is 1. The van der Waals surface area contributed by atoms with Crippen molar-refractivity contribution in [2.24, 2.45) is 11.8 Å². The molecule has 0 aromatic carbocycles. The van der Waals surface area contributed by atoms with Gasteiger partial charge in [0.2, 0.25) is 0 Å². The van der Waals surface area contributed by atoms with Gasteiger partial charge in [0, 0.05) is 18.5 Å². The van der Waals surface area contributed by atoms with E-state index in [4.69, 9.17) is 5.41 Å². The van der Waals surface area contributed by atoms with Crippen LogP contribution in [0.1, 0.15) is 46.0 Å². The molecule has 1 N–H and O–H groups in total. The first kappa shape index (κ1) is 10.0. The average Bonchev–Trinajstić information content (AvgIpc) is 3.01. The molecule has 0 aromatic heterocycles. The lowest BCUT2D eigenvalue weighted by atomic mass is 9.91. The van der Waals surface area contributed by atoms with E-state index in [0.717, 1.165) is 18.3 Å². The summed E-state index contributed by atoms with van der Waals surface area (Å²) in [7, 11) is 0. The number of hydrogen-bond acceptors (Lipinski definition) is 1. The van der Waals surface area contributed by atoms with Crippen molar-refractivity contribution >= 4 is 5.84 Å². The molecule has 2 unspecified atom stereocenters. The van der Waals surface area contributed by atoms with Crippen molar-refractivity contribution in [3.05, 3.63) is 0 Å². The Kier molecular flexibility index (Phi) is 2.80. The van der Waals surface area contributed by atoms with Crippen LogP contribution in [-0.2, 0) is 0 Å². The SMILES string of the molecule is CCC1CCC(C)N(C(=N)C2CC2)C1. The van der Waals surface area contributed by atoms with Gasteiger partial charge in [-0.2, -0.15) is 0 Å². The second-order valence-corrected chi connectivity index (χ2v) is 5.01. The molecule has 0 radical (unpaired) electrons. The Morgan fingerprint density at radius 1 is 1.29 bits per heavy atom. The lowest BCUT2D eigenvalue weighted by Gasteiger charge is -2.39. The topological polar surface area (TPSA) is 27.1 Å². The fourth-order valence-electron chi connectivity index (χ4n) is 2.44. The predicted octanol–water partition coefficient (Wildman–Crippen LogP) is 2.88. The van der Waals surface area contributed by atoms with E-state index in [-0.39, 0.29) is 0 Å². The molecule has 2 atom stereocenters. The fraction of sp³-hybridized carbons (Fsp3) is 0.917. The number of amidine groups is 1. The summed E-state index contributed by atoms with van der Waals surface area (Å²) in [5.74, 6) is 2.40. The maximum absolute atomic E-state index is 8.12. The first-order chi connectivity index (χ1) is 6.72. The summed E-state index contributed by atoms with van der Waals surface area (Å²) in [5, 5.41) is 8.12. The first-order valence-corrected chi connectivity index (χ1v) is 6.07.